The lowest BCUT2D eigenvalue weighted by atomic mass is 10.3. The topological polar surface area (TPSA) is 12.0 Å². The number of hydrogen-bond donors (Lipinski definition) is 1. The maximum atomic E-state index is 6.05. The van der Waals surface area contributed by atoms with Gasteiger partial charge in [0.15, 0.2) is 0 Å². The van der Waals surface area contributed by atoms with Crippen LogP contribution in [0.2, 0.25) is 5.02 Å². The quantitative estimate of drug-likeness (QED) is 0.792. The van der Waals surface area contributed by atoms with Crippen LogP contribution in [0.1, 0.15) is 6.92 Å². The van der Waals surface area contributed by atoms with Gasteiger partial charge >= 0.3 is 0 Å². The van der Waals surface area contributed by atoms with Gasteiger partial charge in [0.25, 0.3) is 0 Å². The van der Waals surface area contributed by atoms with Crippen molar-refractivity contribution in [2.45, 2.75) is 6.92 Å². The summed E-state index contributed by atoms with van der Waals surface area (Å²) in [4.78, 5) is 0. The average Bonchev–Trinajstić information content (AvgIpc) is 2.49. The standard InChI is InChI=1S/C10H10ClNS/c1-2-12-9-6-7-4-3-5-8(11)10(7)13-9/h3-6,12H,2H2,1H3. The van der Waals surface area contributed by atoms with E-state index >= 15 is 0 Å². The van der Waals surface area contributed by atoms with Crippen LogP contribution < -0.4 is 5.32 Å². The summed E-state index contributed by atoms with van der Waals surface area (Å²) in [7, 11) is 0. The van der Waals surface area contributed by atoms with E-state index in [-0.39, 0.29) is 0 Å². The Morgan fingerprint density at radius 2 is 2.31 bits per heavy atom. The Kier molecular flexibility index (Phi) is 2.42. The van der Waals surface area contributed by atoms with Crippen LogP contribution in [-0.2, 0) is 0 Å². The summed E-state index contributed by atoms with van der Waals surface area (Å²) in [6.07, 6.45) is 0. The number of rotatable bonds is 2. The monoisotopic (exact) mass is 211 g/mol. The second-order valence-electron chi connectivity index (χ2n) is 2.80. The molecule has 1 N–H and O–H groups in total. The van der Waals surface area contributed by atoms with Crippen LogP contribution in [0.5, 0.6) is 0 Å². The van der Waals surface area contributed by atoms with E-state index < -0.39 is 0 Å². The Morgan fingerprint density at radius 3 is 3.00 bits per heavy atom. The van der Waals surface area contributed by atoms with Gasteiger partial charge in [0.2, 0.25) is 0 Å². The molecule has 2 aromatic rings. The molecular weight excluding hydrogens is 202 g/mol. The minimum absolute atomic E-state index is 0.839. The zero-order valence-corrected chi connectivity index (χ0v) is 8.88. The maximum Gasteiger partial charge on any atom is 0.0895 e. The number of hydrogen-bond acceptors (Lipinski definition) is 2. The second-order valence-corrected chi connectivity index (χ2v) is 4.26. The van der Waals surface area contributed by atoms with Crippen molar-refractivity contribution >= 4 is 38.0 Å². The first-order valence-corrected chi connectivity index (χ1v) is 5.42. The van der Waals surface area contributed by atoms with Crippen LogP contribution in [0.15, 0.2) is 24.3 Å². The fraction of sp³-hybridized carbons (Fsp3) is 0.200. The number of fused-ring (bicyclic) bond motifs is 1. The van der Waals surface area contributed by atoms with E-state index in [4.69, 9.17) is 11.6 Å². The van der Waals surface area contributed by atoms with Gasteiger partial charge in [0, 0.05) is 6.54 Å². The molecule has 3 heteroatoms. The summed E-state index contributed by atoms with van der Waals surface area (Å²) in [5.41, 5.74) is 0. The highest BCUT2D eigenvalue weighted by atomic mass is 35.5. The van der Waals surface area contributed by atoms with E-state index in [1.165, 1.54) is 15.1 Å². The van der Waals surface area contributed by atoms with Gasteiger partial charge in [0.05, 0.1) is 14.7 Å². The Balaban J connectivity index is 2.55. The lowest BCUT2D eigenvalue weighted by Gasteiger charge is -1.94. The highest BCUT2D eigenvalue weighted by Gasteiger charge is 2.03. The molecule has 0 saturated heterocycles. The van der Waals surface area contributed by atoms with Gasteiger partial charge in [-0.05, 0) is 24.4 Å². The minimum atomic E-state index is 0.839. The van der Waals surface area contributed by atoms with Gasteiger partial charge in [-0.15, -0.1) is 11.3 Å². The summed E-state index contributed by atoms with van der Waals surface area (Å²) in [6.45, 7) is 3.04. The molecule has 68 valence electrons. The van der Waals surface area contributed by atoms with Crippen LogP contribution in [0.4, 0.5) is 5.00 Å². The number of nitrogens with one attached hydrogen (secondary N) is 1. The first-order valence-electron chi connectivity index (χ1n) is 4.23. The van der Waals surface area contributed by atoms with E-state index in [9.17, 15) is 0 Å². The van der Waals surface area contributed by atoms with E-state index in [0.717, 1.165) is 11.6 Å². The van der Waals surface area contributed by atoms with E-state index in [1.807, 2.05) is 12.1 Å². The summed E-state index contributed by atoms with van der Waals surface area (Å²) < 4.78 is 1.17. The molecule has 0 amide bonds. The Labute approximate surface area is 86.3 Å². The van der Waals surface area contributed by atoms with Gasteiger partial charge in [-0.3, -0.25) is 0 Å². The lowest BCUT2D eigenvalue weighted by Crippen LogP contribution is -1.91. The summed E-state index contributed by atoms with van der Waals surface area (Å²) in [6, 6.07) is 8.12. The van der Waals surface area contributed by atoms with Crippen molar-refractivity contribution in [2.24, 2.45) is 0 Å². The molecule has 0 atom stereocenters. The second kappa shape index (κ2) is 3.56. The number of halogens is 1. The molecule has 0 aliphatic heterocycles. The Bertz CT molecular complexity index is 422. The molecule has 1 aromatic heterocycles. The third kappa shape index (κ3) is 1.64. The molecule has 0 fully saturated rings. The molecule has 13 heavy (non-hydrogen) atoms. The van der Waals surface area contributed by atoms with Crippen molar-refractivity contribution in [3.63, 3.8) is 0 Å². The molecule has 0 unspecified atom stereocenters. The molecule has 2 rings (SSSR count). The van der Waals surface area contributed by atoms with Crippen LogP contribution >= 0.6 is 22.9 Å². The van der Waals surface area contributed by atoms with Gasteiger partial charge in [0.1, 0.15) is 0 Å². The zero-order chi connectivity index (χ0) is 9.26. The smallest absolute Gasteiger partial charge is 0.0895 e. The van der Waals surface area contributed by atoms with Crippen molar-refractivity contribution < 1.29 is 0 Å². The van der Waals surface area contributed by atoms with Crippen molar-refractivity contribution in [3.8, 4) is 0 Å². The average molecular weight is 212 g/mol. The zero-order valence-electron chi connectivity index (χ0n) is 7.30. The van der Waals surface area contributed by atoms with Crippen LogP contribution in [0.3, 0.4) is 0 Å². The van der Waals surface area contributed by atoms with Crippen LogP contribution in [-0.4, -0.2) is 6.54 Å². The normalized spacial score (nSPS) is 10.6. The Morgan fingerprint density at radius 1 is 1.46 bits per heavy atom. The van der Waals surface area contributed by atoms with Gasteiger partial charge in [-0.1, -0.05) is 23.7 Å². The third-order valence-electron chi connectivity index (χ3n) is 1.85. The van der Waals surface area contributed by atoms with Crippen molar-refractivity contribution in [1.82, 2.24) is 0 Å². The highest BCUT2D eigenvalue weighted by Crippen LogP contribution is 2.34. The molecule has 0 aliphatic carbocycles. The van der Waals surface area contributed by atoms with Gasteiger partial charge in [-0.2, -0.15) is 0 Å². The van der Waals surface area contributed by atoms with E-state index in [2.05, 4.69) is 24.4 Å². The first-order chi connectivity index (χ1) is 6.31. The summed E-state index contributed by atoms with van der Waals surface area (Å²) >= 11 is 7.76. The number of anilines is 1. The summed E-state index contributed by atoms with van der Waals surface area (Å²) in [5, 5.41) is 6.53. The van der Waals surface area contributed by atoms with Crippen molar-refractivity contribution in [3.05, 3.63) is 29.3 Å². The van der Waals surface area contributed by atoms with E-state index in [1.54, 1.807) is 11.3 Å². The molecular formula is C10H10ClNS. The largest absolute Gasteiger partial charge is 0.377 e. The first kappa shape index (κ1) is 8.85. The van der Waals surface area contributed by atoms with E-state index in [0.29, 0.717) is 0 Å². The van der Waals surface area contributed by atoms with Gasteiger partial charge < -0.3 is 5.32 Å². The molecule has 1 aromatic carbocycles. The maximum absolute atomic E-state index is 6.05. The molecule has 0 saturated carbocycles. The molecule has 1 nitrogen and oxygen atoms in total. The fourth-order valence-electron chi connectivity index (χ4n) is 1.29. The highest BCUT2D eigenvalue weighted by molar-refractivity contribution is 7.23. The third-order valence-corrected chi connectivity index (χ3v) is 3.42. The number of benzene rings is 1. The predicted molar refractivity (Wildman–Crippen MR) is 61.0 cm³/mol. The minimum Gasteiger partial charge on any atom is -0.377 e. The van der Waals surface area contributed by atoms with Crippen molar-refractivity contribution in [1.29, 1.82) is 0 Å². The molecule has 0 bridgehead atoms. The SMILES string of the molecule is CCNc1cc2cccc(Cl)c2s1. The Hall–Kier alpha value is -0.730. The lowest BCUT2D eigenvalue weighted by molar-refractivity contribution is 1.23. The predicted octanol–water partition coefficient (Wildman–Crippen LogP) is 3.99. The van der Waals surface area contributed by atoms with Crippen LogP contribution in [0.25, 0.3) is 10.1 Å². The summed E-state index contributed by atoms with van der Waals surface area (Å²) in [5.74, 6) is 0. The molecule has 0 radical (unpaired) electrons. The number of thiophene rings is 1. The van der Waals surface area contributed by atoms with Crippen LogP contribution in [0, 0.1) is 0 Å². The molecule has 0 aliphatic rings. The van der Waals surface area contributed by atoms with Gasteiger partial charge in [-0.25, -0.2) is 0 Å². The molecule has 1 heterocycles. The van der Waals surface area contributed by atoms with Crippen molar-refractivity contribution in [2.75, 3.05) is 11.9 Å². The molecule has 0 spiro atoms. The fourth-order valence-corrected chi connectivity index (χ4v) is 2.62.